The third-order valence-electron chi connectivity index (χ3n) is 4.68. The lowest BCUT2D eigenvalue weighted by Crippen LogP contribution is -2.42. The molecule has 1 aromatic rings. The standard InChI is InChI=1S/C15H23N3O4S.C2HF3O2/c1-22-9-12-7-17(15(19)10-23(2,20)21)8-14-13(12)5-16-18(14)6-11-3-4-11;3-2(4,5)1(6)7/h5,11-12H,3-4,6-10H2,1-2H3;(H,6,7). The lowest BCUT2D eigenvalue weighted by atomic mass is 9.95. The van der Waals surface area contributed by atoms with Gasteiger partial charge in [0.1, 0.15) is 5.75 Å². The number of amides is 1. The van der Waals surface area contributed by atoms with Crippen LogP contribution in [0.25, 0.3) is 0 Å². The Morgan fingerprint density at radius 2 is 1.93 bits per heavy atom. The van der Waals surface area contributed by atoms with Gasteiger partial charge in [-0.1, -0.05) is 0 Å². The Bertz CT molecular complexity index is 880. The first kappa shape index (κ1) is 24.1. The fraction of sp³-hybridized carbons (Fsp3) is 0.706. The molecule has 2 aliphatic rings. The molecule has 0 saturated heterocycles. The molecular weight excluding hydrogens is 431 g/mol. The number of aliphatic carboxylic acids is 1. The summed E-state index contributed by atoms with van der Waals surface area (Å²) in [6, 6.07) is 0. The number of sulfone groups is 1. The minimum absolute atomic E-state index is 0.0419. The molecule has 1 atom stereocenters. The molecule has 1 unspecified atom stereocenters. The average Bonchev–Trinajstić information content (AvgIpc) is 3.32. The quantitative estimate of drug-likeness (QED) is 0.681. The first-order valence-corrected chi connectivity index (χ1v) is 11.2. The Morgan fingerprint density at radius 3 is 2.40 bits per heavy atom. The second-order valence-electron chi connectivity index (χ2n) is 7.47. The second kappa shape index (κ2) is 9.33. The van der Waals surface area contributed by atoms with Gasteiger partial charge >= 0.3 is 12.1 Å². The lowest BCUT2D eigenvalue weighted by Gasteiger charge is -2.33. The first-order chi connectivity index (χ1) is 13.8. The van der Waals surface area contributed by atoms with E-state index < -0.39 is 27.7 Å². The number of carboxylic acid groups (broad SMARTS) is 1. The molecule has 1 aliphatic carbocycles. The van der Waals surface area contributed by atoms with Crippen molar-refractivity contribution in [1.82, 2.24) is 14.7 Å². The predicted molar refractivity (Wildman–Crippen MR) is 98.4 cm³/mol. The number of carboxylic acids is 1. The van der Waals surface area contributed by atoms with E-state index in [0.717, 1.165) is 24.1 Å². The molecule has 1 aromatic heterocycles. The fourth-order valence-electron chi connectivity index (χ4n) is 3.10. The van der Waals surface area contributed by atoms with Crippen molar-refractivity contribution in [2.24, 2.45) is 5.92 Å². The summed E-state index contributed by atoms with van der Waals surface area (Å²) < 4.78 is 61.8. The van der Waals surface area contributed by atoms with Gasteiger partial charge in [-0.25, -0.2) is 13.2 Å². The van der Waals surface area contributed by atoms with E-state index in [1.165, 1.54) is 12.8 Å². The van der Waals surface area contributed by atoms with Gasteiger partial charge in [0.15, 0.2) is 9.84 Å². The molecule has 1 amide bonds. The predicted octanol–water partition coefficient (Wildman–Crippen LogP) is 1.04. The molecule has 170 valence electrons. The van der Waals surface area contributed by atoms with Crippen LogP contribution in [-0.4, -0.2) is 78.5 Å². The SMILES string of the molecule is COCC1CN(C(=O)CS(C)(=O)=O)Cc2c1cnn2CC1CC1.O=C(O)C(F)(F)F. The average molecular weight is 455 g/mol. The van der Waals surface area contributed by atoms with E-state index in [4.69, 9.17) is 14.6 Å². The summed E-state index contributed by atoms with van der Waals surface area (Å²) in [5.41, 5.74) is 2.14. The summed E-state index contributed by atoms with van der Waals surface area (Å²) in [4.78, 5) is 22.8. The molecule has 2 heterocycles. The van der Waals surface area contributed by atoms with Gasteiger partial charge in [0.25, 0.3) is 0 Å². The summed E-state index contributed by atoms with van der Waals surface area (Å²) in [5, 5.41) is 11.6. The van der Waals surface area contributed by atoms with Crippen LogP contribution >= 0.6 is 0 Å². The zero-order chi connectivity index (χ0) is 22.7. The number of carbonyl (C=O) groups excluding carboxylic acids is 1. The third-order valence-corrected chi connectivity index (χ3v) is 5.45. The van der Waals surface area contributed by atoms with Crippen molar-refractivity contribution in [2.45, 2.75) is 38.0 Å². The highest BCUT2D eigenvalue weighted by Crippen LogP contribution is 2.34. The number of rotatable bonds is 6. The monoisotopic (exact) mass is 455 g/mol. The van der Waals surface area contributed by atoms with Crippen LogP contribution in [0, 0.1) is 5.92 Å². The molecule has 13 heteroatoms. The van der Waals surface area contributed by atoms with Crippen molar-refractivity contribution >= 4 is 21.7 Å². The maximum absolute atomic E-state index is 12.3. The number of methoxy groups -OCH3 is 1. The number of aromatic nitrogens is 2. The minimum Gasteiger partial charge on any atom is -0.475 e. The van der Waals surface area contributed by atoms with Gasteiger partial charge in [0.2, 0.25) is 5.91 Å². The van der Waals surface area contributed by atoms with Gasteiger partial charge in [-0.15, -0.1) is 0 Å². The zero-order valence-electron chi connectivity index (χ0n) is 16.6. The van der Waals surface area contributed by atoms with Crippen molar-refractivity contribution in [3.63, 3.8) is 0 Å². The molecule has 1 aliphatic heterocycles. The van der Waals surface area contributed by atoms with Crippen LogP contribution in [0.1, 0.15) is 30.0 Å². The first-order valence-electron chi connectivity index (χ1n) is 9.11. The molecule has 1 fully saturated rings. The summed E-state index contributed by atoms with van der Waals surface area (Å²) in [6.45, 7) is 2.27. The second-order valence-corrected chi connectivity index (χ2v) is 9.61. The number of hydrogen-bond acceptors (Lipinski definition) is 6. The van der Waals surface area contributed by atoms with Crippen molar-refractivity contribution in [1.29, 1.82) is 0 Å². The number of fused-ring (bicyclic) bond motifs is 1. The van der Waals surface area contributed by atoms with Crippen molar-refractivity contribution < 1.29 is 41.0 Å². The van der Waals surface area contributed by atoms with Gasteiger partial charge in [-0.3, -0.25) is 9.48 Å². The molecule has 0 radical (unpaired) electrons. The highest BCUT2D eigenvalue weighted by atomic mass is 32.2. The summed E-state index contributed by atoms with van der Waals surface area (Å²) >= 11 is 0. The van der Waals surface area contributed by atoms with Gasteiger partial charge in [0.05, 0.1) is 25.0 Å². The zero-order valence-corrected chi connectivity index (χ0v) is 17.4. The normalized spacial score (nSPS) is 19.0. The molecular formula is C17H24F3N3O6S. The van der Waals surface area contributed by atoms with Crippen LogP contribution in [0.4, 0.5) is 13.2 Å². The van der Waals surface area contributed by atoms with Gasteiger partial charge in [0, 0.05) is 37.9 Å². The summed E-state index contributed by atoms with van der Waals surface area (Å²) in [6.07, 6.45) is 0.337. The van der Waals surface area contributed by atoms with E-state index >= 15 is 0 Å². The number of alkyl halides is 3. The van der Waals surface area contributed by atoms with E-state index in [-0.39, 0.29) is 11.8 Å². The molecule has 9 nitrogen and oxygen atoms in total. The molecule has 1 saturated carbocycles. The van der Waals surface area contributed by atoms with Crippen LogP contribution in [0.15, 0.2) is 6.20 Å². The van der Waals surface area contributed by atoms with E-state index in [1.807, 2.05) is 10.9 Å². The van der Waals surface area contributed by atoms with Crippen molar-refractivity contribution in [3.8, 4) is 0 Å². The minimum atomic E-state index is -5.08. The Kier molecular flexibility index (Phi) is 7.50. The molecule has 0 aromatic carbocycles. The van der Waals surface area contributed by atoms with E-state index in [2.05, 4.69) is 5.10 Å². The molecule has 1 N–H and O–H groups in total. The largest absolute Gasteiger partial charge is 0.490 e. The van der Waals surface area contributed by atoms with Crippen molar-refractivity contribution in [2.75, 3.05) is 32.3 Å². The highest BCUT2D eigenvalue weighted by Gasteiger charge is 2.38. The van der Waals surface area contributed by atoms with Crippen LogP contribution < -0.4 is 0 Å². The Labute approximate surface area is 171 Å². The van der Waals surface area contributed by atoms with Gasteiger partial charge in [-0.2, -0.15) is 18.3 Å². The fourth-order valence-corrected chi connectivity index (χ4v) is 3.73. The van der Waals surface area contributed by atoms with Crippen LogP contribution in [0.2, 0.25) is 0 Å². The maximum atomic E-state index is 12.3. The smallest absolute Gasteiger partial charge is 0.475 e. The highest BCUT2D eigenvalue weighted by molar-refractivity contribution is 7.91. The van der Waals surface area contributed by atoms with Crippen LogP contribution in [-0.2, 0) is 37.3 Å². The van der Waals surface area contributed by atoms with E-state index in [1.54, 1.807) is 12.0 Å². The Morgan fingerprint density at radius 1 is 1.33 bits per heavy atom. The molecule has 30 heavy (non-hydrogen) atoms. The summed E-state index contributed by atoms with van der Waals surface area (Å²) in [5.74, 6) is -2.83. The van der Waals surface area contributed by atoms with Crippen LogP contribution in [0.3, 0.4) is 0 Å². The number of carbonyl (C=O) groups is 2. The molecule has 0 bridgehead atoms. The summed E-state index contributed by atoms with van der Waals surface area (Å²) in [7, 11) is -1.70. The van der Waals surface area contributed by atoms with E-state index in [0.29, 0.717) is 25.6 Å². The maximum Gasteiger partial charge on any atom is 0.490 e. The van der Waals surface area contributed by atoms with Gasteiger partial charge in [-0.05, 0) is 18.8 Å². The third kappa shape index (κ3) is 6.97. The van der Waals surface area contributed by atoms with Gasteiger partial charge < -0.3 is 14.7 Å². The lowest BCUT2D eigenvalue weighted by molar-refractivity contribution is -0.192. The van der Waals surface area contributed by atoms with Crippen LogP contribution in [0.5, 0.6) is 0 Å². The molecule has 0 spiro atoms. The number of ether oxygens (including phenoxy) is 1. The Balaban J connectivity index is 0.000000396. The van der Waals surface area contributed by atoms with Crippen molar-refractivity contribution in [3.05, 3.63) is 17.5 Å². The molecule has 3 rings (SSSR count). The Hall–Kier alpha value is -2.15. The number of hydrogen-bond donors (Lipinski definition) is 1. The number of nitrogens with zero attached hydrogens (tertiary/aromatic N) is 3. The topological polar surface area (TPSA) is 119 Å². The number of halogens is 3. The van der Waals surface area contributed by atoms with E-state index in [9.17, 15) is 26.4 Å².